The van der Waals surface area contributed by atoms with Gasteiger partial charge in [0.25, 0.3) is 0 Å². The minimum absolute atomic E-state index is 0.0432. The zero-order valence-corrected chi connectivity index (χ0v) is 13.4. The summed E-state index contributed by atoms with van der Waals surface area (Å²) < 4.78 is 38.6. The predicted molar refractivity (Wildman–Crippen MR) is 88.7 cm³/mol. The average molecular weight is 343 g/mol. The molecule has 25 heavy (non-hydrogen) atoms. The Bertz CT molecular complexity index is 855. The fourth-order valence-electron chi connectivity index (χ4n) is 3.91. The van der Waals surface area contributed by atoms with E-state index in [2.05, 4.69) is 0 Å². The van der Waals surface area contributed by atoms with Crippen molar-refractivity contribution in [3.05, 3.63) is 76.9 Å². The number of carbonyl (C=O) groups excluding carboxylic acids is 1. The van der Waals surface area contributed by atoms with E-state index < -0.39 is 12.1 Å². The van der Waals surface area contributed by atoms with Crippen molar-refractivity contribution in [2.75, 3.05) is 13.1 Å². The van der Waals surface area contributed by atoms with Crippen LogP contribution >= 0.6 is 0 Å². The first-order chi connectivity index (χ1) is 11.9. The molecule has 0 N–H and O–H groups in total. The number of fused-ring (bicyclic) bond motifs is 2. The van der Waals surface area contributed by atoms with Crippen molar-refractivity contribution in [3.63, 3.8) is 0 Å². The molecule has 0 radical (unpaired) electrons. The van der Waals surface area contributed by atoms with Crippen molar-refractivity contribution in [2.45, 2.75) is 12.6 Å². The third-order valence-electron chi connectivity index (χ3n) is 4.96. The molecule has 1 aliphatic carbocycles. The van der Waals surface area contributed by atoms with Gasteiger partial charge in [-0.25, -0.2) is 0 Å². The molecule has 4 rings (SSSR count). The standard InChI is InChI=1S/C20H16F3NO/c21-20(22,23)19(25)24-11-15-10-14-8-4-5-9-16(14)18(17(15)12-24)13-6-2-1-3-7-13/h1-9,15H,10-12H2. The van der Waals surface area contributed by atoms with Gasteiger partial charge < -0.3 is 4.90 Å². The van der Waals surface area contributed by atoms with Gasteiger partial charge in [0.2, 0.25) is 0 Å². The lowest BCUT2D eigenvalue weighted by Crippen LogP contribution is -2.39. The van der Waals surface area contributed by atoms with Gasteiger partial charge in [0.05, 0.1) is 0 Å². The van der Waals surface area contributed by atoms with Crippen molar-refractivity contribution in [3.8, 4) is 0 Å². The van der Waals surface area contributed by atoms with Crippen LogP contribution in [0.1, 0.15) is 16.7 Å². The molecule has 1 amide bonds. The third kappa shape index (κ3) is 2.73. The van der Waals surface area contributed by atoms with Crippen molar-refractivity contribution in [1.29, 1.82) is 0 Å². The van der Waals surface area contributed by atoms with Crippen LogP contribution in [0.25, 0.3) is 5.57 Å². The second-order valence-corrected chi connectivity index (χ2v) is 6.51. The summed E-state index contributed by atoms with van der Waals surface area (Å²) in [6, 6.07) is 17.6. The number of alkyl halides is 3. The second kappa shape index (κ2) is 5.76. The molecule has 2 aromatic rings. The van der Waals surface area contributed by atoms with E-state index in [9.17, 15) is 18.0 Å². The van der Waals surface area contributed by atoms with Gasteiger partial charge in [-0.3, -0.25) is 4.79 Å². The van der Waals surface area contributed by atoms with Crippen molar-refractivity contribution >= 4 is 11.5 Å². The molecule has 1 saturated heterocycles. The van der Waals surface area contributed by atoms with Crippen LogP contribution in [-0.4, -0.2) is 30.1 Å². The average Bonchev–Trinajstić information content (AvgIpc) is 3.02. The number of hydrogen-bond donors (Lipinski definition) is 0. The quantitative estimate of drug-likeness (QED) is 0.764. The van der Waals surface area contributed by atoms with Gasteiger partial charge in [0.1, 0.15) is 0 Å². The number of likely N-dealkylation sites (tertiary alicyclic amines) is 1. The van der Waals surface area contributed by atoms with Gasteiger partial charge in [-0.15, -0.1) is 0 Å². The molecular weight excluding hydrogens is 327 g/mol. The molecule has 2 aromatic carbocycles. The predicted octanol–water partition coefficient (Wildman–Crippen LogP) is 4.07. The molecule has 1 fully saturated rings. The number of halogens is 3. The number of nitrogens with zero attached hydrogens (tertiary/aromatic N) is 1. The summed E-state index contributed by atoms with van der Waals surface area (Å²) >= 11 is 0. The van der Waals surface area contributed by atoms with Crippen LogP contribution in [0.15, 0.2) is 60.2 Å². The number of hydrogen-bond acceptors (Lipinski definition) is 1. The highest BCUT2D eigenvalue weighted by atomic mass is 19.4. The normalized spacial score (nSPS) is 19.6. The molecule has 2 aliphatic rings. The Morgan fingerprint density at radius 1 is 1.00 bits per heavy atom. The Hall–Kier alpha value is -2.56. The van der Waals surface area contributed by atoms with Gasteiger partial charge in [0, 0.05) is 19.0 Å². The van der Waals surface area contributed by atoms with Gasteiger partial charge >= 0.3 is 12.1 Å². The van der Waals surface area contributed by atoms with Crippen molar-refractivity contribution < 1.29 is 18.0 Å². The van der Waals surface area contributed by atoms with Crippen LogP contribution in [0.2, 0.25) is 0 Å². The first-order valence-electron chi connectivity index (χ1n) is 8.18. The number of amides is 1. The monoisotopic (exact) mass is 343 g/mol. The molecule has 2 nitrogen and oxygen atoms in total. The lowest BCUT2D eigenvalue weighted by Gasteiger charge is -2.25. The summed E-state index contributed by atoms with van der Waals surface area (Å²) in [5.74, 6) is -1.80. The summed E-state index contributed by atoms with van der Waals surface area (Å²) in [5, 5.41) is 0. The topological polar surface area (TPSA) is 20.3 Å². The first-order valence-corrected chi connectivity index (χ1v) is 8.18. The zero-order chi connectivity index (χ0) is 17.6. The lowest BCUT2D eigenvalue weighted by atomic mass is 9.78. The molecule has 1 unspecified atom stereocenters. The summed E-state index contributed by atoms with van der Waals surface area (Å²) in [5.41, 5.74) is 5.07. The Kier molecular flexibility index (Phi) is 3.67. The van der Waals surface area contributed by atoms with Crippen LogP contribution in [0, 0.1) is 5.92 Å². The Morgan fingerprint density at radius 2 is 1.68 bits per heavy atom. The molecule has 128 valence electrons. The highest BCUT2D eigenvalue weighted by Crippen LogP contribution is 2.42. The minimum Gasteiger partial charge on any atom is -0.330 e. The minimum atomic E-state index is -4.83. The molecule has 1 aliphatic heterocycles. The fraction of sp³-hybridized carbons (Fsp3) is 0.250. The molecule has 0 spiro atoms. The van der Waals surface area contributed by atoms with E-state index in [0.29, 0.717) is 6.42 Å². The highest BCUT2D eigenvalue weighted by molar-refractivity contribution is 5.88. The highest BCUT2D eigenvalue weighted by Gasteiger charge is 2.46. The fourth-order valence-corrected chi connectivity index (χ4v) is 3.91. The number of benzene rings is 2. The maximum Gasteiger partial charge on any atom is 0.471 e. The third-order valence-corrected chi connectivity index (χ3v) is 4.96. The van der Waals surface area contributed by atoms with Crippen LogP contribution in [0.5, 0.6) is 0 Å². The number of carbonyl (C=O) groups is 1. The molecule has 0 bridgehead atoms. The van der Waals surface area contributed by atoms with Crippen LogP contribution in [-0.2, 0) is 11.2 Å². The molecule has 0 aromatic heterocycles. The Balaban J connectivity index is 1.82. The van der Waals surface area contributed by atoms with E-state index in [1.807, 2.05) is 54.6 Å². The molecule has 1 atom stereocenters. The summed E-state index contributed by atoms with van der Waals surface area (Å²) in [6.45, 7) is 0.167. The molecule has 5 heteroatoms. The summed E-state index contributed by atoms with van der Waals surface area (Å²) in [7, 11) is 0. The van der Waals surface area contributed by atoms with E-state index >= 15 is 0 Å². The Morgan fingerprint density at radius 3 is 2.40 bits per heavy atom. The molecule has 0 saturated carbocycles. The van der Waals surface area contributed by atoms with Gasteiger partial charge in [0.15, 0.2) is 0 Å². The van der Waals surface area contributed by atoms with Crippen LogP contribution in [0.4, 0.5) is 13.2 Å². The number of rotatable bonds is 1. The first kappa shape index (κ1) is 15.9. The summed E-state index contributed by atoms with van der Waals surface area (Å²) in [4.78, 5) is 12.6. The summed E-state index contributed by atoms with van der Waals surface area (Å²) in [6.07, 6.45) is -4.16. The van der Waals surface area contributed by atoms with E-state index in [0.717, 1.165) is 32.7 Å². The molecule has 1 heterocycles. The van der Waals surface area contributed by atoms with E-state index in [1.165, 1.54) is 0 Å². The van der Waals surface area contributed by atoms with Crippen LogP contribution in [0.3, 0.4) is 0 Å². The van der Waals surface area contributed by atoms with Gasteiger partial charge in [-0.2, -0.15) is 13.2 Å². The lowest BCUT2D eigenvalue weighted by molar-refractivity contribution is -0.184. The van der Waals surface area contributed by atoms with Crippen molar-refractivity contribution in [1.82, 2.24) is 4.90 Å². The van der Waals surface area contributed by atoms with Gasteiger partial charge in [-0.1, -0.05) is 54.6 Å². The maximum absolute atomic E-state index is 12.9. The van der Waals surface area contributed by atoms with Crippen molar-refractivity contribution in [2.24, 2.45) is 5.92 Å². The van der Waals surface area contributed by atoms with Gasteiger partial charge in [-0.05, 0) is 34.3 Å². The SMILES string of the molecule is O=C(N1CC2=C(c3ccccc3)c3ccccc3CC2C1)C(F)(F)F. The largest absolute Gasteiger partial charge is 0.471 e. The molecular formula is C20H16F3NO. The van der Waals surface area contributed by atoms with Crippen LogP contribution < -0.4 is 0 Å². The Labute approximate surface area is 143 Å². The van der Waals surface area contributed by atoms with E-state index in [1.54, 1.807) is 0 Å². The second-order valence-electron chi connectivity index (χ2n) is 6.51. The zero-order valence-electron chi connectivity index (χ0n) is 13.4. The maximum atomic E-state index is 12.9. The van der Waals surface area contributed by atoms with E-state index in [4.69, 9.17) is 0 Å². The van der Waals surface area contributed by atoms with E-state index in [-0.39, 0.29) is 19.0 Å². The smallest absolute Gasteiger partial charge is 0.330 e.